The summed E-state index contributed by atoms with van der Waals surface area (Å²) in [6.45, 7) is 1.88. The Morgan fingerprint density at radius 1 is 1.19 bits per heavy atom. The topological polar surface area (TPSA) is 65.8 Å². The smallest absolute Gasteiger partial charge is 0.182 e. The van der Waals surface area contributed by atoms with E-state index in [0.717, 1.165) is 15.8 Å². The third kappa shape index (κ3) is 2.56. The Morgan fingerprint density at radius 2 is 2.00 bits per heavy atom. The minimum atomic E-state index is 0.494. The van der Waals surface area contributed by atoms with Gasteiger partial charge in [-0.1, -0.05) is 12.1 Å². The van der Waals surface area contributed by atoms with Gasteiger partial charge < -0.3 is 0 Å². The second-order valence-corrected chi connectivity index (χ2v) is 5.34. The molecule has 0 spiro atoms. The van der Waals surface area contributed by atoms with E-state index in [0.29, 0.717) is 17.1 Å². The van der Waals surface area contributed by atoms with Crippen molar-refractivity contribution in [3.8, 4) is 6.07 Å². The predicted molar refractivity (Wildman–Crippen MR) is 83.0 cm³/mol. The third-order valence-corrected chi connectivity index (χ3v) is 3.47. The number of halogens is 1. The van der Waals surface area contributed by atoms with E-state index < -0.39 is 0 Å². The molecular formula is C15H10BrN5. The number of rotatable bonds is 2. The second kappa shape index (κ2) is 5.46. The predicted octanol–water partition coefficient (Wildman–Crippen LogP) is 4.69. The zero-order chi connectivity index (χ0) is 14.8. The quantitative estimate of drug-likeness (QED) is 0.635. The van der Waals surface area contributed by atoms with Gasteiger partial charge in [0.15, 0.2) is 5.82 Å². The average molecular weight is 340 g/mol. The molecule has 21 heavy (non-hydrogen) atoms. The maximum Gasteiger partial charge on any atom is 0.182 e. The van der Waals surface area contributed by atoms with Gasteiger partial charge in [-0.2, -0.15) is 5.26 Å². The normalized spacial score (nSPS) is 11.1. The molecule has 0 aliphatic heterocycles. The van der Waals surface area contributed by atoms with Gasteiger partial charge in [-0.05, 0) is 47.1 Å². The van der Waals surface area contributed by atoms with Crippen molar-refractivity contribution in [1.82, 2.24) is 9.38 Å². The molecule has 5 nitrogen and oxygen atoms in total. The van der Waals surface area contributed by atoms with Crippen molar-refractivity contribution >= 4 is 33.1 Å². The first-order chi connectivity index (χ1) is 10.2. The van der Waals surface area contributed by atoms with E-state index in [4.69, 9.17) is 5.26 Å². The van der Waals surface area contributed by atoms with Crippen molar-refractivity contribution in [2.75, 3.05) is 0 Å². The van der Waals surface area contributed by atoms with Crippen LogP contribution >= 0.6 is 15.9 Å². The van der Waals surface area contributed by atoms with Crippen LogP contribution in [0.15, 0.2) is 57.3 Å². The molecule has 2 aromatic heterocycles. The van der Waals surface area contributed by atoms with Crippen LogP contribution in [0.25, 0.3) is 5.65 Å². The van der Waals surface area contributed by atoms with Gasteiger partial charge >= 0.3 is 0 Å². The lowest BCUT2D eigenvalue weighted by atomic mass is 10.2. The molecule has 1 aromatic carbocycles. The number of aryl methyl sites for hydroxylation is 1. The van der Waals surface area contributed by atoms with E-state index in [2.05, 4.69) is 37.2 Å². The van der Waals surface area contributed by atoms with E-state index >= 15 is 0 Å². The summed E-state index contributed by atoms with van der Waals surface area (Å²) in [5.41, 5.74) is 2.63. The number of aromatic nitrogens is 2. The molecule has 0 radical (unpaired) electrons. The monoisotopic (exact) mass is 339 g/mol. The van der Waals surface area contributed by atoms with Crippen molar-refractivity contribution < 1.29 is 0 Å². The molecule has 0 bridgehead atoms. The molecule has 0 aliphatic rings. The van der Waals surface area contributed by atoms with Crippen LogP contribution in [0.5, 0.6) is 0 Å². The van der Waals surface area contributed by atoms with Crippen LogP contribution in [-0.4, -0.2) is 9.38 Å². The molecule has 3 rings (SSSR count). The standard InChI is InChI=1S/C15H10BrN5/c1-10-15(21-9-12(16)6-7-14(21)18-10)20-19-13-5-3-2-4-11(13)8-17/h2-7,9H,1H3. The molecule has 102 valence electrons. The van der Waals surface area contributed by atoms with Crippen molar-refractivity contribution in [2.45, 2.75) is 6.92 Å². The summed E-state index contributed by atoms with van der Waals surface area (Å²) in [6, 6.07) is 13.0. The SMILES string of the molecule is Cc1nc2ccc(Br)cn2c1N=Nc1ccccc1C#N. The van der Waals surface area contributed by atoms with Crippen LogP contribution in [0.1, 0.15) is 11.3 Å². The molecule has 6 heteroatoms. The number of nitrogens with zero attached hydrogens (tertiary/aromatic N) is 5. The Labute approximate surface area is 129 Å². The van der Waals surface area contributed by atoms with Crippen molar-refractivity contribution in [3.63, 3.8) is 0 Å². The molecule has 0 saturated heterocycles. The summed E-state index contributed by atoms with van der Waals surface area (Å²) in [5, 5.41) is 17.5. The number of nitriles is 1. The third-order valence-electron chi connectivity index (χ3n) is 3.00. The fraction of sp³-hybridized carbons (Fsp3) is 0.0667. The second-order valence-electron chi connectivity index (χ2n) is 4.43. The fourth-order valence-electron chi connectivity index (χ4n) is 2.00. The summed E-state index contributed by atoms with van der Waals surface area (Å²) in [7, 11) is 0. The van der Waals surface area contributed by atoms with Gasteiger partial charge in [-0.15, -0.1) is 10.2 Å². The number of hydrogen-bond acceptors (Lipinski definition) is 4. The molecule has 0 atom stereocenters. The van der Waals surface area contributed by atoms with Crippen LogP contribution < -0.4 is 0 Å². The van der Waals surface area contributed by atoms with Gasteiger partial charge in [0, 0.05) is 10.7 Å². The first kappa shape index (κ1) is 13.5. The van der Waals surface area contributed by atoms with Crippen molar-refractivity contribution in [3.05, 3.63) is 58.3 Å². The molecule has 0 amide bonds. The first-order valence-corrected chi connectivity index (χ1v) is 7.03. The van der Waals surface area contributed by atoms with E-state index in [9.17, 15) is 0 Å². The summed E-state index contributed by atoms with van der Waals surface area (Å²) in [5.74, 6) is 0.652. The Morgan fingerprint density at radius 3 is 2.81 bits per heavy atom. The van der Waals surface area contributed by atoms with E-state index in [1.807, 2.05) is 35.7 Å². The van der Waals surface area contributed by atoms with Crippen LogP contribution in [-0.2, 0) is 0 Å². The molecule has 2 heterocycles. The van der Waals surface area contributed by atoms with Gasteiger partial charge in [0.05, 0.1) is 11.3 Å². The number of azo groups is 1. The molecule has 0 saturated carbocycles. The number of fused-ring (bicyclic) bond motifs is 1. The number of pyridine rings is 1. The van der Waals surface area contributed by atoms with Crippen LogP contribution in [0.4, 0.5) is 11.5 Å². The maximum absolute atomic E-state index is 9.06. The summed E-state index contributed by atoms with van der Waals surface area (Å²) in [4.78, 5) is 4.43. The fourth-order valence-corrected chi connectivity index (χ4v) is 2.34. The largest absolute Gasteiger partial charge is 0.282 e. The lowest BCUT2D eigenvalue weighted by Crippen LogP contribution is -1.83. The van der Waals surface area contributed by atoms with Gasteiger partial charge in [0.1, 0.15) is 17.4 Å². The summed E-state index contributed by atoms with van der Waals surface area (Å²) in [6.07, 6.45) is 1.89. The summed E-state index contributed by atoms with van der Waals surface area (Å²) < 4.78 is 2.79. The van der Waals surface area contributed by atoms with Crippen LogP contribution in [0.3, 0.4) is 0 Å². The Bertz CT molecular complexity index is 889. The average Bonchev–Trinajstić information content (AvgIpc) is 2.80. The molecule has 0 unspecified atom stereocenters. The van der Waals surface area contributed by atoms with E-state index in [1.165, 1.54) is 0 Å². The zero-order valence-corrected chi connectivity index (χ0v) is 12.7. The first-order valence-electron chi connectivity index (χ1n) is 6.24. The van der Waals surface area contributed by atoms with Gasteiger partial charge in [0.25, 0.3) is 0 Å². The lowest BCUT2D eigenvalue weighted by molar-refractivity contribution is 1.09. The molecule has 0 aliphatic carbocycles. The van der Waals surface area contributed by atoms with Gasteiger partial charge in [-0.25, -0.2) is 4.98 Å². The van der Waals surface area contributed by atoms with Gasteiger partial charge in [-0.3, -0.25) is 4.40 Å². The zero-order valence-electron chi connectivity index (χ0n) is 11.2. The Kier molecular flexibility index (Phi) is 3.50. The minimum Gasteiger partial charge on any atom is -0.282 e. The van der Waals surface area contributed by atoms with Crippen LogP contribution in [0.2, 0.25) is 0 Å². The maximum atomic E-state index is 9.06. The minimum absolute atomic E-state index is 0.494. The highest BCUT2D eigenvalue weighted by Crippen LogP contribution is 2.26. The van der Waals surface area contributed by atoms with E-state index in [1.54, 1.807) is 18.2 Å². The highest BCUT2D eigenvalue weighted by Gasteiger charge is 2.08. The van der Waals surface area contributed by atoms with Crippen LogP contribution in [0, 0.1) is 18.3 Å². The lowest BCUT2D eigenvalue weighted by Gasteiger charge is -1.98. The number of benzene rings is 1. The number of imidazole rings is 1. The molecular weight excluding hydrogens is 330 g/mol. The van der Waals surface area contributed by atoms with Crippen molar-refractivity contribution in [1.29, 1.82) is 5.26 Å². The molecule has 3 aromatic rings. The highest BCUT2D eigenvalue weighted by molar-refractivity contribution is 9.10. The Hall–Kier alpha value is -2.52. The molecule has 0 fully saturated rings. The number of hydrogen-bond donors (Lipinski definition) is 0. The highest BCUT2D eigenvalue weighted by atomic mass is 79.9. The van der Waals surface area contributed by atoms with E-state index in [-0.39, 0.29) is 0 Å². The van der Waals surface area contributed by atoms with Crippen molar-refractivity contribution in [2.24, 2.45) is 10.2 Å². The Balaban J connectivity index is 2.09. The van der Waals surface area contributed by atoms with Gasteiger partial charge in [0.2, 0.25) is 0 Å². The summed E-state index contributed by atoms with van der Waals surface area (Å²) >= 11 is 3.43. The molecule has 0 N–H and O–H groups in total.